The molecule has 4 rings (SSSR count). The van der Waals surface area contributed by atoms with Crippen molar-refractivity contribution in [1.29, 1.82) is 0 Å². The Morgan fingerprint density at radius 3 is 2.80 bits per heavy atom. The number of hydrogen-bond acceptors (Lipinski definition) is 5. The van der Waals surface area contributed by atoms with E-state index in [1.54, 1.807) is 6.33 Å². The number of hydrogen-bond donors (Lipinski definition) is 4. The molecule has 9 nitrogen and oxygen atoms in total. The predicted octanol–water partition coefficient (Wildman–Crippen LogP) is 1.91. The van der Waals surface area contributed by atoms with E-state index in [2.05, 4.69) is 37.0 Å². The Balaban J connectivity index is 1.62. The summed E-state index contributed by atoms with van der Waals surface area (Å²) in [5.41, 5.74) is 5.49. The van der Waals surface area contributed by atoms with E-state index in [4.69, 9.17) is 0 Å². The van der Waals surface area contributed by atoms with Gasteiger partial charge in [-0.05, 0) is 23.3 Å². The number of fused-ring (bicyclic) bond motifs is 3. The number of aromatic amines is 1. The zero-order chi connectivity index (χ0) is 21.3. The first-order valence-electron chi connectivity index (χ1n) is 9.58. The summed E-state index contributed by atoms with van der Waals surface area (Å²) < 4.78 is 1.98. The van der Waals surface area contributed by atoms with Gasteiger partial charge in [-0.25, -0.2) is 9.97 Å². The first-order chi connectivity index (χ1) is 14.5. The Morgan fingerprint density at radius 2 is 2.03 bits per heavy atom. The van der Waals surface area contributed by atoms with Crippen molar-refractivity contribution in [2.75, 3.05) is 18.9 Å². The molecule has 4 N–H and O–H groups in total. The van der Waals surface area contributed by atoms with Crippen molar-refractivity contribution in [3.63, 3.8) is 0 Å². The predicted molar refractivity (Wildman–Crippen MR) is 116 cm³/mol. The first-order valence-corrected chi connectivity index (χ1v) is 9.58. The summed E-state index contributed by atoms with van der Waals surface area (Å²) >= 11 is 0. The van der Waals surface area contributed by atoms with Gasteiger partial charge in [0, 0.05) is 38.6 Å². The molecule has 30 heavy (non-hydrogen) atoms. The lowest BCUT2D eigenvalue weighted by Gasteiger charge is -2.07. The lowest BCUT2D eigenvalue weighted by atomic mass is 10.1. The molecule has 0 radical (unpaired) electrons. The molecule has 0 aliphatic carbocycles. The van der Waals surface area contributed by atoms with Gasteiger partial charge in [0.15, 0.2) is 5.82 Å². The van der Waals surface area contributed by atoms with E-state index in [9.17, 15) is 9.59 Å². The van der Waals surface area contributed by atoms with Crippen LogP contribution in [0.15, 0.2) is 36.7 Å². The van der Waals surface area contributed by atoms with Gasteiger partial charge >= 0.3 is 0 Å². The number of carbonyl (C=O) groups excluding carboxylic acids is 2. The molecule has 4 aromatic rings. The third-order valence-corrected chi connectivity index (χ3v) is 4.90. The maximum Gasteiger partial charge on any atom is 0.239 e. The highest BCUT2D eigenvalue weighted by Gasteiger charge is 2.15. The average Bonchev–Trinajstić information content (AvgIpc) is 3.33. The second-order valence-corrected chi connectivity index (χ2v) is 7.10. The van der Waals surface area contributed by atoms with Crippen molar-refractivity contribution in [2.24, 2.45) is 7.05 Å². The number of H-pyrrole nitrogens is 1. The molecule has 9 heteroatoms. The quantitative estimate of drug-likeness (QED) is 0.391. The van der Waals surface area contributed by atoms with Gasteiger partial charge in [0.2, 0.25) is 11.8 Å². The Hall–Kier alpha value is -3.88. The minimum absolute atomic E-state index is 0.0305. The molecule has 0 saturated carbocycles. The van der Waals surface area contributed by atoms with Crippen LogP contribution in [0.3, 0.4) is 0 Å². The van der Waals surface area contributed by atoms with E-state index in [0.29, 0.717) is 6.54 Å². The zero-order valence-corrected chi connectivity index (χ0v) is 17.0. The van der Waals surface area contributed by atoms with E-state index in [1.807, 2.05) is 42.9 Å². The minimum atomic E-state index is -0.233. The lowest BCUT2D eigenvalue weighted by molar-refractivity contribution is -0.125. The molecular formula is C21H23N7O2. The van der Waals surface area contributed by atoms with Gasteiger partial charge in [-0.15, -0.1) is 0 Å². The second kappa shape index (κ2) is 7.86. The number of rotatable bonds is 6. The summed E-state index contributed by atoms with van der Waals surface area (Å²) in [5, 5.41) is 9.39. The third-order valence-electron chi connectivity index (χ3n) is 4.90. The standard InChI is InChI=1S/C21H23N7O2/c1-12(29)23-10-17(30)24-9-13-5-4-6-14(7-13)16-8-15-19-18(25-11-28(19)3)21(22-2)27-20(15)26-16/h4-8,11H,9-10H2,1-3H3,(H,23,29)(H,24,30)(H2,22,26,27). The molecule has 0 bridgehead atoms. The Labute approximate surface area is 172 Å². The number of aryl methyl sites for hydroxylation is 1. The van der Waals surface area contributed by atoms with E-state index >= 15 is 0 Å². The number of amides is 2. The third kappa shape index (κ3) is 3.69. The maximum atomic E-state index is 11.8. The van der Waals surface area contributed by atoms with Gasteiger partial charge in [0.1, 0.15) is 11.2 Å². The minimum Gasteiger partial charge on any atom is -0.371 e. The first kappa shape index (κ1) is 19.4. The smallest absolute Gasteiger partial charge is 0.239 e. The highest BCUT2D eigenvalue weighted by Crippen LogP contribution is 2.31. The molecule has 0 fully saturated rings. The Kier molecular flexibility index (Phi) is 5.09. The van der Waals surface area contributed by atoms with Crippen molar-refractivity contribution < 1.29 is 9.59 Å². The van der Waals surface area contributed by atoms with Crippen LogP contribution in [0.5, 0.6) is 0 Å². The number of anilines is 1. The molecule has 2 amide bonds. The summed E-state index contributed by atoms with van der Waals surface area (Å²) in [5.74, 6) is 0.259. The number of pyridine rings is 1. The van der Waals surface area contributed by atoms with E-state index in [1.165, 1.54) is 6.92 Å². The van der Waals surface area contributed by atoms with Gasteiger partial charge < -0.3 is 25.5 Å². The van der Waals surface area contributed by atoms with Gasteiger partial charge in [-0.2, -0.15) is 0 Å². The zero-order valence-electron chi connectivity index (χ0n) is 17.0. The molecule has 0 spiro atoms. The Morgan fingerprint density at radius 1 is 1.20 bits per heavy atom. The number of nitrogens with zero attached hydrogens (tertiary/aromatic N) is 3. The fourth-order valence-corrected chi connectivity index (χ4v) is 3.44. The van der Waals surface area contributed by atoms with Crippen LogP contribution in [-0.2, 0) is 23.2 Å². The van der Waals surface area contributed by atoms with Gasteiger partial charge in [0.05, 0.1) is 18.4 Å². The van der Waals surface area contributed by atoms with Crippen molar-refractivity contribution in [2.45, 2.75) is 13.5 Å². The van der Waals surface area contributed by atoms with Gasteiger partial charge in [-0.1, -0.05) is 18.2 Å². The molecule has 1 aromatic carbocycles. The van der Waals surface area contributed by atoms with Crippen molar-refractivity contribution in [3.05, 3.63) is 42.2 Å². The van der Waals surface area contributed by atoms with Crippen LogP contribution < -0.4 is 16.0 Å². The SMILES string of the molecule is CNc1nc2[nH]c(-c3cccc(CNC(=O)CNC(C)=O)c3)cc2c2c1ncn2C. The van der Waals surface area contributed by atoms with Crippen LogP contribution in [0.4, 0.5) is 5.82 Å². The lowest BCUT2D eigenvalue weighted by Crippen LogP contribution is -2.35. The molecule has 0 unspecified atom stereocenters. The van der Waals surface area contributed by atoms with Crippen LogP contribution in [0.1, 0.15) is 12.5 Å². The number of nitrogens with one attached hydrogen (secondary N) is 4. The van der Waals surface area contributed by atoms with Crippen molar-refractivity contribution in [1.82, 2.24) is 30.2 Å². The van der Waals surface area contributed by atoms with Crippen LogP contribution in [0.25, 0.3) is 33.3 Å². The summed E-state index contributed by atoms with van der Waals surface area (Å²) in [4.78, 5) is 35.3. The summed E-state index contributed by atoms with van der Waals surface area (Å²) in [7, 11) is 3.79. The highest BCUT2D eigenvalue weighted by molar-refractivity contribution is 6.07. The van der Waals surface area contributed by atoms with E-state index in [-0.39, 0.29) is 18.4 Å². The number of carbonyl (C=O) groups is 2. The van der Waals surface area contributed by atoms with E-state index < -0.39 is 0 Å². The largest absolute Gasteiger partial charge is 0.371 e. The monoisotopic (exact) mass is 405 g/mol. The fourth-order valence-electron chi connectivity index (χ4n) is 3.44. The molecule has 0 aliphatic heterocycles. The summed E-state index contributed by atoms with van der Waals surface area (Å²) in [6.07, 6.45) is 1.78. The highest BCUT2D eigenvalue weighted by atomic mass is 16.2. The van der Waals surface area contributed by atoms with Crippen molar-refractivity contribution in [3.8, 4) is 11.3 Å². The molecule has 0 saturated heterocycles. The fraction of sp³-hybridized carbons (Fsp3) is 0.238. The summed E-state index contributed by atoms with van der Waals surface area (Å²) in [6, 6.07) is 9.99. The van der Waals surface area contributed by atoms with Crippen molar-refractivity contribution >= 4 is 39.7 Å². The molecule has 3 heterocycles. The number of benzene rings is 1. The van der Waals surface area contributed by atoms with E-state index in [0.717, 1.165) is 44.7 Å². The van der Waals surface area contributed by atoms with Crippen LogP contribution in [-0.4, -0.2) is 44.9 Å². The van der Waals surface area contributed by atoms with Crippen LogP contribution >= 0.6 is 0 Å². The van der Waals surface area contributed by atoms with Gasteiger partial charge in [0.25, 0.3) is 0 Å². The Bertz CT molecular complexity index is 1260. The second-order valence-electron chi connectivity index (χ2n) is 7.10. The maximum absolute atomic E-state index is 11.8. The summed E-state index contributed by atoms with van der Waals surface area (Å²) in [6.45, 7) is 1.72. The van der Waals surface area contributed by atoms with Crippen LogP contribution in [0.2, 0.25) is 0 Å². The average molecular weight is 405 g/mol. The van der Waals surface area contributed by atoms with Gasteiger partial charge in [-0.3, -0.25) is 9.59 Å². The normalized spacial score (nSPS) is 11.0. The van der Waals surface area contributed by atoms with Crippen LogP contribution in [0, 0.1) is 0 Å². The topological polar surface area (TPSA) is 117 Å². The molecule has 0 atom stereocenters. The number of aromatic nitrogens is 4. The number of imidazole rings is 1. The molecular weight excluding hydrogens is 382 g/mol. The molecule has 154 valence electrons. The molecule has 3 aromatic heterocycles. The molecule has 0 aliphatic rings.